The van der Waals surface area contributed by atoms with E-state index in [1.165, 1.54) is 0 Å². The topological polar surface area (TPSA) is 35.1 Å². The van der Waals surface area contributed by atoms with Crippen LogP contribution in [-0.2, 0) is 11.2 Å². The van der Waals surface area contributed by atoms with Crippen molar-refractivity contribution < 1.29 is 4.55 Å². The summed E-state index contributed by atoms with van der Waals surface area (Å²) in [4.78, 5) is 0. The number of allylic oxidation sites excluding steroid dienone is 1. The van der Waals surface area contributed by atoms with Crippen LogP contribution in [0.3, 0.4) is 0 Å². The molecule has 1 unspecified atom stereocenters. The average molecular weight is 131 g/mol. The molecule has 0 aliphatic carbocycles. The lowest BCUT2D eigenvalue weighted by atomic mass is 10.5. The summed E-state index contributed by atoms with van der Waals surface area (Å²) in [6, 6.07) is 0. The van der Waals surface area contributed by atoms with Crippen LogP contribution in [0.15, 0.2) is 11.1 Å². The fourth-order valence-electron chi connectivity index (χ4n) is 0.647. The first kappa shape index (κ1) is 5.98. The van der Waals surface area contributed by atoms with Crippen LogP contribution < -0.4 is 5.32 Å². The van der Waals surface area contributed by atoms with Gasteiger partial charge in [0.15, 0.2) is 0 Å². The predicted octanol–water partition coefficient (Wildman–Crippen LogP) is 0.200. The molecule has 8 heavy (non-hydrogen) atoms. The monoisotopic (exact) mass is 131 g/mol. The molecule has 0 bridgehead atoms. The summed E-state index contributed by atoms with van der Waals surface area (Å²) in [7, 11) is 0. The third kappa shape index (κ3) is 1.42. The maximum atomic E-state index is 10.7. The van der Waals surface area contributed by atoms with Gasteiger partial charge in [-0.1, -0.05) is 0 Å². The Balaban J connectivity index is 2.50. The van der Waals surface area contributed by atoms with Crippen molar-refractivity contribution >= 4 is 11.2 Å². The van der Waals surface area contributed by atoms with Gasteiger partial charge in [-0.3, -0.25) is 0 Å². The molecule has 0 saturated heterocycles. The van der Waals surface area contributed by atoms with Crippen LogP contribution in [0.4, 0.5) is 0 Å². The van der Waals surface area contributed by atoms with E-state index in [-0.39, 0.29) is 0 Å². The summed E-state index contributed by atoms with van der Waals surface area (Å²) in [5, 5.41) is 4.83. The lowest BCUT2D eigenvalue weighted by Gasteiger charge is -2.14. The van der Waals surface area contributed by atoms with Gasteiger partial charge in [-0.05, 0) is 18.1 Å². The second-order valence-corrected chi connectivity index (χ2v) is 3.22. The van der Waals surface area contributed by atoms with Crippen LogP contribution in [0, 0.1) is 0 Å². The highest BCUT2D eigenvalue weighted by Gasteiger charge is 2.07. The molecule has 0 aromatic rings. The van der Waals surface area contributed by atoms with Crippen molar-refractivity contribution in [2.75, 3.05) is 12.3 Å². The molecule has 0 radical (unpaired) electrons. The van der Waals surface area contributed by atoms with Crippen molar-refractivity contribution in [3.8, 4) is 0 Å². The van der Waals surface area contributed by atoms with Gasteiger partial charge in [0.05, 0.1) is 12.2 Å². The van der Waals surface area contributed by atoms with Crippen LogP contribution in [0.1, 0.15) is 6.92 Å². The molecule has 0 amide bonds. The van der Waals surface area contributed by atoms with Crippen molar-refractivity contribution in [1.82, 2.24) is 5.32 Å². The van der Waals surface area contributed by atoms with Crippen molar-refractivity contribution in [3.05, 3.63) is 11.1 Å². The van der Waals surface area contributed by atoms with Gasteiger partial charge in [0.25, 0.3) is 0 Å². The van der Waals surface area contributed by atoms with Crippen molar-refractivity contribution in [1.29, 1.82) is 0 Å². The molecule has 0 saturated carbocycles. The van der Waals surface area contributed by atoms with Gasteiger partial charge in [-0.25, -0.2) is 0 Å². The molecule has 46 valence electrons. The molecule has 1 rings (SSSR count). The highest BCUT2D eigenvalue weighted by atomic mass is 32.2. The highest BCUT2D eigenvalue weighted by molar-refractivity contribution is 7.94. The smallest absolute Gasteiger partial charge is 0.135 e. The Bertz CT molecular complexity index is 113. The lowest BCUT2D eigenvalue weighted by Crippen LogP contribution is -2.26. The van der Waals surface area contributed by atoms with E-state index in [1.54, 1.807) is 5.41 Å². The number of nitrogens with one attached hydrogen (secondary N) is 1. The van der Waals surface area contributed by atoms with E-state index in [1.807, 2.05) is 6.92 Å². The normalized spacial score (nSPS) is 28.8. The average Bonchev–Trinajstić information content (AvgIpc) is 1.64. The Morgan fingerprint density at radius 1 is 1.88 bits per heavy atom. The van der Waals surface area contributed by atoms with Gasteiger partial charge in [-0.2, -0.15) is 0 Å². The molecule has 0 spiro atoms. The summed E-state index contributed by atoms with van der Waals surface area (Å²) >= 11 is -0.695. The minimum Gasteiger partial charge on any atom is -0.612 e. The second-order valence-electron chi connectivity index (χ2n) is 1.81. The second kappa shape index (κ2) is 2.42. The third-order valence-corrected chi connectivity index (χ3v) is 2.24. The SMILES string of the molecule is CC1=C[S+]([O-])CCN1. The van der Waals surface area contributed by atoms with Gasteiger partial charge >= 0.3 is 0 Å². The highest BCUT2D eigenvalue weighted by Crippen LogP contribution is 2.01. The summed E-state index contributed by atoms with van der Waals surface area (Å²) in [5.74, 6) is 0.761. The quantitative estimate of drug-likeness (QED) is 0.477. The van der Waals surface area contributed by atoms with E-state index in [9.17, 15) is 4.55 Å². The molecule has 1 atom stereocenters. The Hall–Kier alpha value is -0.150. The lowest BCUT2D eigenvalue weighted by molar-refractivity contribution is 0.597. The van der Waals surface area contributed by atoms with Crippen molar-refractivity contribution in [3.63, 3.8) is 0 Å². The van der Waals surface area contributed by atoms with E-state index >= 15 is 0 Å². The Morgan fingerprint density at radius 3 is 3.00 bits per heavy atom. The molecule has 0 fully saturated rings. The van der Waals surface area contributed by atoms with Crippen molar-refractivity contribution in [2.24, 2.45) is 0 Å². The van der Waals surface area contributed by atoms with Crippen LogP contribution in [0.5, 0.6) is 0 Å². The van der Waals surface area contributed by atoms with Gasteiger partial charge in [0, 0.05) is 0 Å². The zero-order valence-corrected chi connectivity index (χ0v) is 5.62. The minimum atomic E-state index is -0.695. The zero-order valence-electron chi connectivity index (χ0n) is 4.81. The van der Waals surface area contributed by atoms with Crippen LogP contribution in [0.25, 0.3) is 0 Å². The van der Waals surface area contributed by atoms with E-state index in [2.05, 4.69) is 5.32 Å². The Labute approximate surface area is 52.1 Å². The fraction of sp³-hybridized carbons (Fsp3) is 0.600. The largest absolute Gasteiger partial charge is 0.612 e. The summed E-state index contributed by atoms with van der Waals surface area (Å²) < 4.78 is 10.7. The maximum Gasteiger partial charge on any atom is 0.135 e. The first-order valence-corrected chi connectivity index (χ1v) is 3.97. The maximum absolute atomic E-state index is 10.7. The Morgan fingerprint density at radius 2 is 2.62 bits per heavy atom. The molecule has 2 nitrogen and oxygen atoms in total. The molecule has 1 N–H and O–H groups in total. The van der Waals surface area contributed by atoms with Gasteiger partial charge in [-0.15, -0.1) is 0 Å². The van der Waals surface area contributed by atoms with E-state index in [0.717, 1.165) is 18.0 Å². The van der Waals surface area contributed by atoms with E-state index in [0.29, 0.717) is 0 Å². The molecule has 0 aromatic heterocycles. The summed E-state index contributed by atoms with van der Waals surface area (Å²) in [6.45, 7) is 2.78. The van der Waals surface area contributed by atoms with Gasteiger partial charge < -0.3 is 9.87 Å². The molecule has 1 heterocycles. The van der Waals surface area contributed by atoms with Crippen LogP contribution >= 0.6 is 0 Å². The first-order valence-electron chi connectivity index (χ1n) is 2.58. The summed E-state index contributed by atoms with van der Waals surface area (Å²) in [6.07, 6.45) is 0. The molecule has 0 aromatic carbocycles. The molecule has 1 aliphatic rings. The molecule has 1 aliphatic heterocycles. The van der Waals surface area contributed by atoms with Gasteiger partial charge in [0.1, 0.15) is 11.2 Å². The van der Waals surface area contributed by atoms with Crippen molar-refractivity contribution in [2.45, 2.75) is 6.92 Å². The number of hydrogen-bond donors (Lipinski definition) is 1. The predicted molar refractivity (Wildman–Crippen MR) is 34.8 cm³/mol. The molecular formula is C5H9NOS. The first-order chi connectivity index (χ1) is 3.79. The number of rotatable bonds is 0. The number of hydrogen-bond acceptors (Lipinski definition) is 2. The van der Waals surface area contributed by atoms with Crippen LogP contribution in [-0.4, -0.2) is 16.9 Å². The standard InChI is InChI=1S/C5H9NOS/c1-5-4-8(7)3-2-6-5/h4,6H,2-3H2,1H3. The molecule has 3 heteroatoms. The van der Waals surface area contributed by atoms with Crippen LogP contribution in [0.2, 0.25) is 0 Å². The Kier molecular flexibility index (Phi) is 1.81. The zero-order chi connectivity index (χ0) is 5.98. The molecular weight excluding hydrogens is 122 g/mol. The third-order valence-electron chi connectivity index (χ3n) is 1.02. The van der Waals surface area contributed by atoms with Gasteiger partial charge in [0.2, 0.25) is 0 Å². The minimum absolute atomic E-state index is 0.695. The van der Waals surface area contributed by atoms with E-state index in [4.69, 9.17) is 0 Å². The fourth-order valence-corrected chi connectivity index (χ4v) is 1.55. The summed E-state index contributed by atoms with van der Waals surface area (Å²) in [5.41, 5.74) is 1.04. The van der Waals surface area contributed by atoms with E-state index < -0.39 is 11.2 Å².